The summed E-state index contributed by atoms with van der Waals surface area (Å²) in [5.41, 5.74) is 2.06. The maximum atomic E-state index is 12.7. The van der Waals surface area contributed by atoms with E-state index in [1.54, 1.807) is 6.07 Å². The number of carbonyl (C=O) groups is 1. The van der Waals surface area contributed by atoms with E-state index in [4.69, 9.17) is 11.6 Å². The Morgan fingerprint density at radius 2 is 1.73 bits per heavy atom. The fourth-order valence-corrected chi connectivity index (χ4v) is 4.34. The highest BCUT2D eigenvalue weighted by molar-refractivity contribution is 6.30. The van der Waals surface area contributed by atoms with Crippen molar-refractivity contribution in [3.8, 4) is 0 Å². The Hall–Kier alpha value is -1.88. The zero-order chi connectivity index (χ0) is 24.4. The third-order valence-corrected chi connectivity index (χ3v) is 6.32. The third kappa shape index (κ3) is 6.59. The Kier molecular flexibility index (Phi) is 7.93. The first-order chi connectivity index (χ1) is 15.4. The maximum absolute atomic E-state index is 12.7. The molecule has 0 aromatic heterocycles. The Morgan fingerprint density at radius 1 is 1.09 bits per heavy atom. The maximum Gasteiger partial charge on any atom is 0.434 e. The summed E-state index contributed by atoms with van der Waals surface area (Å²) in [5, 5.41) is 0.616. The monoisotopic (exact) mass is 501 g/mol. The molecule has 0 spiro atoms. The van der Waals surface area contributed by atoms with Gasteiger partial charge in [-0.15, -0.1) is 0 Å². The summed E-state index contributed by atoms with van der Waals surface area (Å²) in [5.74, 6) is 0.614. The molecule has 5 nitrogen and oxygen atoms in total. The number of anilines is 1. The minimum Gasteiger partial charge on any atom is -0.426 e. The molecule has 12 heteroatoms. The molecule has 2 heterocycles. The first kappa shape index (κ1) is 25.7. The van der Waals surface area contributed by atoms with Crippen LogP contribution in [0, 0.1) is 5.92 Å². The molecule has 0 saturated carbocycles. The number of rotatable bonds is 5. The molecule has 1 atom stereocenters. The van der Waals surface area contributed by atoms with Crippen LogP contribution in [-0.2, 0) is 11.3 Å². The third-order valence-electron chi connectivity index (χ3n) is 6.09. The molecule has 186 valence electrons. The van der Waals surface area contributed by atoms with E-state index in [1.807, 2.05) is 17.0 Å². The number of amides is 1. The van der Waals surface area contributed by atoms with Gasteiger partial charge in [0, 0.05) is 56.5 Å². The Balaban J connectivity index is 1.59. The molecular formula is C21H26ClF6N3O2. The van der Waals surface area contributed by atoms with E-state index >= 15 is 0 Å². The number of ether oxygens (including phenoxy) is 1. The van der Waals surface area contributed by atoms with Gasteiger partial charge in [-0.2, -0.15) is 26.3 Å². The second-order valence-corrected chi connectivity index (χ2v) is 8.83. The molecular weight excluding hydrogens is 476 g/mol. The van der Waals surface area contributed by atoms with Gasteiger partial charge >= 0.3 is 18.4 Å². The first-order valence-corrected chi connectivity index (χ1v) is 11.1. The van der Waals surface area contributed by atoms with E-state index in [0.717, 1.165) is 42.1 Å². The van der Waals surface area contributed by atoms with Crippen molar-refractivity contribution >= 4 is 23.4 Å². The van der Waals surface area contributed by atoms with E-state index in [2.05, 4.69) is 16.6 Å². The number of piperazine rings is 1. The summed E-state index contributed by atoms with van der Waals surface area (Å²) in [7, 11) is 0. The molecule has 1 aromatic carbocycles. The van der Waals surface area contributed by atoms with E-state index in [1.165, 1.54) is 0 Å². The van der Waals surface area contributed by atoms with Crippen LogP contribution in [0.1, 0.15) is 25.3 Å². The highest BCUT2D eigenvalue weighted by atomic mass is 35.5. The largest absolute Gasteiger partial charge is 0.434 e. The van der Waals surface area contributed by atoms with E-state index in [0.29, 0.717) is 17.5 Å². The second kappa shape index (κ2) is 10.2. The average molecular weight is 502 g/mol. The zero-order valence-electron chi connectivity index (χ0n) is 18.1. The number of halogens is 7. The molecule has 2 fully saturated rings. The van der Waals surface area contributed by atoms with Crippen molar-refractivity contribution in [2.45, 2.75) is 44.8 Å². The van der Waals surface area contributed by atoms with E-state index < -0.39 is 24.5 Å². The van der Waals surface area contributed by atoms with Gasteiger partial charge in [0.15, 0.2) is 0 Å². The summed E-state index contributed by atoms with van der Waals surface area (Å²) in [4.78, 5) is 17.1. The van der Waals surface area contributed by atoms with Crippen molar-refractivity contribution < 1.29 is 35.9 Å². The molecule has 1 amide bonds. The van der Waals surface area contributed by atoms with Crippen molar-refractivity contribution in [3.63, 3.8) is 0 Å². The zero-order valence-corrected chi connectivity index (χ0v) is 18.8. The Labute approximate surface area is 193 Å². The van der Waals surface area contributed by atoms with Gasteiger partial charge in [-0.3, -0.25) is 4.90 Å². The van der Waals surface area contributed by atoms with Crippen molar-refractivity contribution in [2.24, 2.45) is 5.92 Å². The summed E-state index contributed by atoms with van der Waals surface area (Å²) < 4.78 is 79.7. The highest BCUT2D eigenvalue weighted by Crippen LogP contribution is 2.36. The molecule has 2 saturated heterocycles. The number of alkyl halides is 6. The minimum atomic E-state index is -5.73. The molecule has 33 heavy (non-hydrogen) atoms. The number of carbonyl (C=O) groups excluding carboxylic acids is 1. The lowest BCUT2D eigenvalue weighted by molar-refractivity contribution is -0.308. The minimum absolute atomic E-state index is 0.0359. The fourth-order valence-electron chi connectivity index (χ4n) is 4.17. The molecule has 0 N–H and O–H groups in total. The van der Waals surface area contributed by atoms with Gasteiger partial charge in [0.25, 0.3) is 6.10 Å². The fraction of sp³-hybridized carbons (Fsp3) is 0.667. The van der Waals surface area contributed by atoms with E-state index in [9.17, 15) is 31.1 Å². The summed E-state index contributed by atoms with van der Waals surface area (Å²) >= 11 is 6.21. The van der Waals surface area contributed by atoms with Gasteiger partial charge in [-0.05, 0) is 30.0 Å². The molecule has 1 aromatic rings. The van der Waals surface area contributed by atoms with Crippen LogP contribution < -0.4 is 4.90 Å². The summed E-state index contributed by atoms with van der Waals surface area (Å²) in [6.45, 7) is 5.04. The van der Waals surface area contributed by atoms with Gasteiger partial charge in [-0.1, -0.05) is 31.0 Å². The molecule has 2 aliphatic rings. The van der Waals surface area contributed by atoms with Crippen molar-refractivity contribution in [3.05, 3.63) is 28.8 Å². The number of nitrogens with zero attached hydrogens (tertiary/aromatic N) is 3. The lowest BCUT2D eigenvalue weighted by Crippen LogP contribution is -2.52. The van der Waals surface area contributed by atoms with Crippen molar-refractivity contribution in [1.29, 1.82) is 0 Å². The lowest BCUT2D eigenvalue weighted by atomic mass is 10.1. The first-order valence-electron chi connectivity index (χ1n) is 10.7. The van der Waals surface area contributed by atoms with Crippen molar-refractivity contribution in [2.75, 3.05) is 44.2 Å². The van der Waals surface area contributed by atoms with Crippen LogP contribution in [0.5, 0.6) is 0 Å². The predicted octanol–water partition coefficient (Wildman–Crippen LogP) is 5.32. The summed E-state index contributed by atoms with van der Waals surface area (Å²) in [6, 6.07) is 5.63. The SMILES string of the molecule is CC[C@H]1CCN(c2cc(Cl)ccc2CN2CCN(C(=O)OC(C(F)(F)F)C(F)(F)F)CC2)C1. The highest BCUT2D eigenvalue weighted by Gasteiger charge is 2.60. The normalized spacial score (nSPS) is 20.6. The van der Waals surface area contributed by atoms with Crippen molar-refractivity contribution in [1.82, 2.24) is 9.80 Å². The van der Waals surface area contributed by atoms with Crippen LogP contribution in [0.3, 0.4) is 0 Å². The van der Waals surface area contributed by atoms with Crippen LogP contribution >= 0.6 is 11.6 Å². The van der Waals surface area contributed by atoms with Gasteiger partial charge in [-0.25, -0.2) is 4.79 Å². The Bertz CT molecular complexity index is 813. The molecule has 2 aliphatic heterocycles. The molecule has 3 rings (SSSR count). The van der Waals surface area contributed by atoms with Crippen LogP contribution in [-0.4, -0.2) is 73.6 Å². The van der Waals surface area contributed by atoms with Gasteiger partial charge in [0.05, 0.1) is 0 Å². The lowest BCUT2D eigenvalue weighted by Gasteiger charge is -2.36. The van der Waals surface area contributed by atoms with Crippen LogP contribution in [0.15, 0.2) is 18.2 Å². The molecule has 0 unspecified atom stereocenters. The van der Waals surface area contributed by atoms with Crippen LogP contribution in [0.25, 0.3) is 0 Å². The van der Waals surface area contributed by atoms with Crippen LogP contribution in [0.2, 0.25) is 5.02 Å². The van der Waals surface area contributed by atoms with Gasteiger partial charge in [0.2, 0.25) is 0 Å². The quantitative estimate of drug-likeness (QED) is 0.511. The molecule has 0 radical (unpaired) electrons. The standard InChI is InChI=1S/C21H26ClF6N3O2/c1-2-14-5-6-31(12-14)17-11-16(22)4-3-15(17)13-29-7-9-30(10-8-29)19(32)33-18(20(23,24)25)21(26,27)28/h3-4,11,14,18H,2,5-10,12-13H2,1H3/t14-/m0/s1. The number of hydrogen-bond donors (Lipinski definition) is 0. The molecule has 0 bridgehead atoms. The smallest absolute Gasteiger partial charge is 0.426 e. The Morgan fingerprint density at radius 3 is 2.27 bits per heavy atom. The number of benzene rings is 1. The van der Waals surface area contributed by atoms with Crippen LogP contribution in [0.4, 0.5) is 36.8 Å². The average Bonchev–Trinajstić information content (AvgIpc) is 3.21. The molecule has 0 aliphatic carbocycles. The summed E-state index contributed by atoms with van der Waals surface area (Å²) in [6.07, 6.45) is -15.0. The van der Waals surface area contributed by atoms with Gasteiger partial charge in [0.1, 0.15) is 0 Å². The van der Waals surface area contributed by atoms with E-state index in [-0.39, 0.29) is 26.2 Å². The predicted molar refractivity (Wildman–Crippen MR) is 111 cm³/mol. The topological polar surface area (TPSA) is 36.0 Å². The second-order valence-electron chi connectivity index (χ2n) is 8.39. The van der Waals surface area contributed by atoms with Gasteiger partial charge < -0.3 is 14.5 Å². The number of hydrogen-bond acceptors (Lipinski definition) is 4.